The van der Waals surface area contributed by atoms with Crippen molar-refractivity contribution >= 4 is 0 Å². The maximum Gasteiger partial charge on any atom is 0.0212 e. The van der Waals surface area contributed by atoms with E-state index in [1.165, 1.54) is 38.9 Å². The monoisotopic (exact) mass is 170 g/mol. The topological polar surface area (TPSA) is 15.3 Å². The molecule has 0 unspecified atom stereocenters. The Bertz CT molecular complexity index is 168. The van der Waals surface area contributed by atoms with Crippen molar-refractivity contribution in [3.8, 4) is 0 Å². The Hall–Kier alpha value is -0.0800. The number of nitrogens with zero attached hydrogens (tertiary/aromatic N) is 1. The van der Waals surface area contributed by atoms with E-state index in [1.807, 2.05) is 0 Å². The average Bonchev–Trinajstić information content (AvgIpc) is 2.63. The predicted molar refractivity (Wildman–Crippen MR) is 53.4 cm³/mol. The van der Waals surface area contributed by atoms with E-state index in [4.69, 9.17) is 0 Å². The third kappa shape index (κ3) is 1.80. The lowest BCUT2D eigenvalue weighted by molar-refractivity contribution is 0.337. The fourth-order valence-corrected chi connectivity index (χ4v) is 2.06. The van der Waals surface area contributed by atoms with Gasteiger partial charge in [-0.2, -0.15) is 0 Å². The molecule has 1 saturated carbocycles. The Morgan fingerprint density at radius 3 is 2.83 bits per heavy atom. The molecule has 12 heavy (non-hydrogen) atoms. The molecule has 0 spiro atoms. The first-order chi connectivity index (χ1) is 5.72. The summed E-state index contributed by atoms with van der Waals surface area (Å²) in [5.74, 6) is 0. The second kappa shape index (κ2) is 3.00. The number of nitrogens with one attached hydrogen (secondary N) is 1. The number of rotatable bonds is 3. The summed E-state index contributed by atoms with van der Waals surface area (Å²) in [6, 6.07) is 0.775. The Labute approximate surface area is 76.8 Å². The first kappa shape index (κ1) is 8.52. The van der Waals surface area contributed by atoms with Crippen LogP contribution < -0.4 is 5.32 Å². The molecular formula is C10H22N2. The fraction of sp³-hybridized carbons (Fsp3) is 1.00. The smallest absolute Gasteiger partial charge is 0.0212 e. The van der Waals surface area contributed by atoms with Crippen molar-refractivity contribution in [2.24, 2.45) is 0 Å². The number of hydrogen-bond donors (Lipinski definition) is 1. The lowest BCUT2D eigenvalue weighted by Crippen LogP contribution is -2.39. The molecule has 0 bridgehead atoms. The van der Waals surface area contributed by atoms with Crippen LogP contribution in [-0.4, -0.2) is 36.1 Å². The van der Waals surface area contributed by atoms with Gasteiger partial charge in [0.25, 0.3) is 0 Å². The zero-order valence-electron chi connectivity index (χ0n) is 8.27. The third-order valence-electron chi connectivity index (χ3n) is 3.27. The Morgan fingerprint density at radius 1 is 1.58 bits per heavy atom. The first-order valence-electron chi connectivity index (χ1n) is 5.22. The van der Waals surface area contributed by atoms with E-state index in [-0.39, 0.29) is 1.43 Å². The fourth-order valence-electron chi connectivity index (χ4n) is 2.06. The van der Waals surface area contributed by atoms with Crippen LogP contribution >= 0.6 is 0 Å². The van der Waals surface area contributed by atoms with Gasteiger partial charge in [0.1, 0.15) is 0 Å². The van der Waals surface area contributed by atoms with Gasteiger partial charge in [-0.1, -0.05) is 6.92 Å². The van der Waals surface area contributed by atoms with Crippen LogP contribution in [0.2, 0.25) is 0 Å². The third-order valence-corrected chi connectivity index (χ3v) is 3.27. The van der Waals surface area contributed by atoms with Gasteiger partial charge < -0.3 is 10.2 Å². The van der Waals surface area contributed by atoms with Gasteiger partial charge >= 0.3 is 0 Å². The zero-order valence-corrected chi connectivity index (χ0v) is 8.27. The normalized spacial score (nSPS) is 34.0. The Kier molecular flexibility index (Phi) is 2.13. The number of likely N-dealkylation sites (tertiary alicyclic amines) is 1. The van der Waals surface area contributed by atoms with Gasteiger partial charge in [0.05, 0.1) is 0 Å². The van der Waals surface area contributed by atoms with Gasteiger partial charge in [-0.25, -0.2) is 0 Å². The minimum absolute atomic E-state index is 0. The van der Waals surface area contributed by atoms with E-state index in [9.17, 15) is 0 Å². The van der Waals surface area contributed by atoms with Gasteiger partial charge in [-0.15, -0.1) is 0 Å². The van der Waals surface area contributed by atoms with E-state index in [2.05, 4.69) is 24.1 Å². The van der Waals surface area contributed by atoms with Gasteiger partial charge in [-0.3, -0.25) is 0 Å². The molecule has 2 heteroatoms. The molecule has 0 aromatic heterocycles. The highest BCUT2D eigenvalue weighted by Crippen LogP contribution is 2.35. The van der Waals surface area contributed by atoms with Crippen molar-refractivity contribution in [2.75, 3.05) is 19.6 Å². The average molecular weight is 170 g/mol. The lowest BCUT2D eigenvalue weighted by Gasteiger charge is -2.18. The molecule has 0 aromatic rings. The summed E-state index contributed by atoms with van der Waals surface area (Å²) in [7, 11) is 0. The van der Waals surface area contributed by atoms with Crippen LogP contribution in [0.1, 0.15) is 34.5 Å². The van der Waals surface area contributed by atoms with Crippen LogP contribution in [0.3, 0.4) is 0 Å². The van der Waals surface area contributed by atoms with E-state index >= 15 is 0 Å². The summed E-state index contributed by atoms with van der Waals surface area (Å²) in [6.45, 7) is 8.38. The largest absolute Gasteiger partial charge is 0.307 e. The van der Waals surface area contributed by atoms with Gasteiger partial charge in [-0.05, 0) is 39.3 Å². The van der Waals surface area contributed by atoms with Gasteiger partial charge in [0.2, 0.25) is 0 Å². The second-order valence-electron chi connectivity index (χ2n) is 4.58. The molecule has 0 radical (unpaired) electrons. The van der Waals surface area contributed by atoms with E-state index < -0.39 is 0 Å². The van der Waals surface area contributed by atoms with E-state index in [0.717, 1.165) is 6.04 Å². The van der Waals surface area contributed by atoms with Crippen molar-refractivity contribution in [1.82, 2.24) is 10.2 Å². The van der Waals surface area contributed by atoms with Crippen LogP contribution in [0.25, 0.3) is 0 Å². The summed E-state index contributed by atoms with van der Waals surface area (Å²) in [6.07, 6.45) is 4.12. The highest BCUT2D eigenvalue weighted by atomic mass is 15.2. The number of likely N-dealkylation sites (N-methyl/N-ethyl adjacent to an activating group) is 1. The second-order valence-corrected chi connectivity index (χ2v) is 4.58. The maximum absolute atomic E-state index is 3.75. The summed E-state index contributed by atoms with van der Waals surface area (Å²) >= 11 is 0. The molecule has 2 aliphatic rings. The first-order valence-corrected chi connectivity index (χ1v) is 5.22. The van der Waals surface area contributed by atoms with Crippen molar-refractivity contribution in [3.63, 3.8) is 0 Å². The van der Waals surface area contributed by atoms with Crippen molar-refractivity contribution in [1.29, 1.82) is 0 Å². The van der Waals surface area contributed by atoms with Crippen molar-refractivity contribution < 1.29 is 1.43 Å². The van der Waals surface area contributed by atoms with Crippen LogP contribution in [0, 0.1) is 0 Å². The molecule has 2 nitrogen and oxygen atoms in total. The lowest BCUT2D eigenvalue weighted by atomic mass is 10.2. The van der Waals surface area contributed by atoms with E-state index in [0.29, 0.717) is 5.54 Å². The molecule has 0 amide bonds. The Morgan fingerprint density at radius 2 is 2.33 bits per heavy atom. The quantitative estimate of drug-likeness (QED) is 0.690. The maximum atomic E-state index is 3.75. The van der Waals surface area contributed by atoms with Crippen molar-refractivity contribution in [3.05, 3.63) is 0 Å². The van der Waals surface area contributed by atoms with E-state index in [1.54, 1.807) is 0 Å². The summed E-state index contributed by atoms with van der Waals surface area (Å²) in [5, 5.41) is 3.75. The van der Waals surface area contributed by atoms with Gasteiger partial charge in [0, 0.05) is 19.6 Å². The summed E-state index contributed by atoms with van der Waals surface area (Å²) in [4.78, 5) is 2.53. The molecule has 1 saturated heterocycles. The van der Waals surface area contributed by atoms with Crippen LogP contribution in [-0.2, 0) is 0 Å². The number of hydrogen-bond acceptors (Lipinski definition) is 2. The minimum Gasteiger partial charge on any atom is -0.307 e. The summed E-state index contributed by atoms with van der Waals surface area (Å²) in [5.41, 5.74) is 0.522. The summed E-state index contributed by atoms with van der Waals surface area (Å²) < 4.78 is 0. The van der Waals surface area contributed by atoms with Crippen molar-refractivity contribution in [2.45, 2.75) is 44.7 Å². The SMILES string of the molecule is CCN1CC[C@@H](NC2(C)CC2)C1.[HH]. The van der Waals surface area contributed by atoms with Crippen LogP contribution in [0.4, 0.5) is 0 Å². The molecule has 2 fully saturated rings. The molecule has 1 N–H and O–H groups in total. The highest BCUT2D eigenvalue weighted by Gasteiger charge is 2.39. The minimum atomic E-state index is 0. The molecule has 0 aromatic carbocycles. The van der Waals surface area contributed by atoms with Crippen LogP contribution in [0.5, 0.6) is 0 Å². The molecule has 1 heterocycles. The zero-order chi connectivity index (χ0) is 8.60. The van der Waals surface area contributed by atoms with Crippen LogP contribution in [0.15, 0.2) is 0 Å². The molecule has 1 aliphatic carbocycles. The standard InChI is InChI=1S/C10H20N2.H2/c1-3-12-7-4-9(8-12)11-10(2)5-6-10;/h9,11H,3-8H2,1-2H3;1H/t9-;/m1./s1. The molecule has 2 rings (SSSR count). The predicted octanol–water partition coefficient (Wildman–Crippen LogP) is 1.47. The molecule has 1 aliphatic heterocycles. The Balaban J connectivity index is 0.000000845. The molecular weight excluding hydrogens is 148 g/mol. The molecule has 72 valence electrons. The molecule has 1 atom stereocenters. The van der Waals surface area contributed by atoms with Gasteiger partial charge in [0.15, 0.2) is 0 Å². The highest BCUT2D eigenvalue weighted by molar-refractivity contribution is 5.00.